The number of carbonyl (C=O) groups excluding carboxylic acids is 1. The molecule has 0 bridgehead atoms. The van der Waals surface area contributed by atoms with Crippen LogP contribution in [-0.4, -0.2) is 28.0 Å². The molecule has 0 saturated heterocycles. The van der Waals surface area contributed by atoms with E-state index in [1.165, 1.54) is 0 Å². The highest BCUT2D eigenvalue weighted by atomic mass is 35.6. The summed E-state index contributed by atoms with van der Waals surface area (Å²) in [5.74, 6) is 0.321. The Morgan fingerprint density at radius 3 is 1.68 bits per heavy atom. The summed E-state index contributed by atoms with van der Waals surface area (Å²) in [5, 5.41) is 0. The van der Waals surface area contributed by atoms with Gasteiger partial charge in [-0.15, -0.1) is 0 Å². The van der Waals surface area contributed by atoms with E-state index < -0.39 is 13.5 Å². The fourth-order valence-corrected chi connectivity index (χ4v) is 2.61. The van der Waals surface area contributed by atoms with E-state index in [4.69, 9.17) is 80.1 Å². The van der Waals surface area contributed by atoms with Crippen molar-refractivity contribution in [3.05, 3.63) is 71.8 Å². The van der Waals surface area contributed by atoms with Crippen LogP contribution in [0.25, 0.3) is 11.4 Å². The zero-order chi connectivity index (χ0) is 23.2. The van der Waals surface area contributed by atoms with Crippen LogP contribution in [0.4, 0.5) is 0 Å². The van der Waals surface area contributed by atoms with Crippen molar-refractivity contribution in [3.8, 4) is 17.1 Å². The van der Waals surface area contributed by atoms with Gasteiger partial charge in [-0.05, 0) is 24.3 Å². The second kappa shape index (κ2) is 10.9. The normalized spacial score (nSPS) is 11.3. The number of hydrogen-bond donors (Lipinski definition) is 1. The first-order valence-corrected chi connectivity index (χ1v) is 10.6. The number of aromatic nitrogens is 3. The molecule has 1 aromatic heterocycles. The van der Waals surface area contributed by atoms with Crippen LogP contribution in [0.15, 0.2) is 54.6 Å². The first-order chi connectivity index (χ1) is 14.4. The number of ether oxygens (including phenoxy) is 1. The van der Waals surface area contributed by atoms with Crippen LogP contribution in [0.5, 0.6) is 5.75 Å². The van der Waals surface area contributed by atoms with Gasteiger partial charge in [0.05, 0.1) is 7.11 Å². The smallest absolute Gasteiger partial charge is 0.250 e. The van der Waals surface area contributed by atoms with Crippen molar-refractivity contribution in [2.75, 3.05) is 7.11 Å². The van der Waals surface area contributed by atoms with Gasteiger partial charge in [0.25, 0.3) is 0 Å². The molecule has 0 aliphatic carbocycles. The van der Waals surface area contributed by atoms with Crippen LogP contribution in [0.2, 0.25) is 0 Å². The lowest BCUT2D eigenvalue weighted by Gasteiger charge is -2.15. The van der Waals surface area contributed by atoms with Gasteiger partial charge in [0.2, 0.25) is 13.5 Å². The zero-order valence-corrected chi connectivity index (χ0v) is 20.2. The van der Waals surface area contributed by atoms with Crippen molar-refractivity contribution in [3.63, 3.8) is 0 Å². The van der Waals surface area contributed by atoms with Gasteiger partial charge in [-0.2, -0.15) is 0 Å². The lowest BCUT2D eigenvalue weighted by atomic mass is 10.2. The van der Waals surface area contributed by atoms with E-state index in [-0.39, 0.29) is 17.5 Å². The highest BCUT2D eigenvalue weighted by molar-refractivity contribution is 6.67. The van der Waals surface area contributed by atoms with Crippen LogP contribution in [0.1, 0.15) is 22.0 Å². The Balaban J connectivity index is 0.000000262. The van der Waals surface area contributed by atoms with Crippen molar-refractivity contribution in [1.82, 2.24) is 15.0 Å². The zero-order valence-electron chi connectivity index (χ0n) is 15.7. The minimum atomic E-state index is -1.85. The summed E-state index contributed by atoms with van der Waals surface area (Å²) in [6, 6.07) is 15.7. The Labute approximate surface area is 208 Å². The monoisotopic (exact) mass is 540 g/mol. The van der Waals surface area contributed by atoms with Gasteiger partial charge in [0, 0.05) is 11.1 Å². The van der Waals surface area contributed by atoms with Gasteiger partial charge in [-0.1, -0.05) is 99.9 Å². The molecule has 1 amide bonds. The van der Waals surface area contributed by atoms with Crippen molar-refractivity contribution >= 4 is 75.5 Å². The molecule has 3 rings (SSSR count). The van der Waals surface area contributed by atoms with E-state index in [0.29, 0.717) is 11.1 Å². The summed E-state index contributed by atoms with van der Waals surface area (Å²) >= 11 is 34.7. The van der Waals surface area contributed by atoms with Crippen LogP contribution in [0.3, 0.4) is 0 Å². The number of carbonyl (C=O) groups is 1. The topological polar surface area (TPSA) is 91.0 Å². The summed E-state index contributed by atoms with van der Waals surface area (Å²) in [6.45, 7) is 0. The van der Waals surface area contributed by atoms with Crippen molar-refractivity contribution in [2.45, 2.75) is 7.59 Å². The molecule has 164 valence electrons. The minimum absolute atomic E-state index is 0.113. The predicted octanol–water partition coefficient (Wildman–Crippen LogP) is 5.99. The third-order valence-corrected chi connectivity index (χ3v) is 4.56. The summed E-state index contributed by atoms with van der Waals surface area (Å²) in [6.07, 6.45) is 0. The molecule has 1 heterocycles. The maximum absolute atomic E-state index is 10.6. The Kier molecular flexibility index (Phi) is 9.01. The highest BCUT2D eigenvalue weighted by Crippen LogP contribution is 2.40. The van der Waals surface area contributed by atoms with Crippen molar-refractivity contribution in [2.24, 2.45) is 5.73 Å². The molecule has 0 aliphatic rings. The number of nitrogens with zero attached hydrogens (tertiary/aromatic N) is 3. The van der Waals surface area contributed by atoms with Crippen LogP contribution >= 0.6 is 69.6 Å². The molecule has 0 aliphatic heterocycles. The number of amides is 1. The van der Waals surface area contributed by atoms with E-state index in [0.717, 1.165) is 5.75 Å². The molecule has 3 aromatic rings. The van der Waals surface area contributed by atoms with Gasteiger partial charge in [0.15, 0.2) is 17.5 Å². The van der Waals surface area contributed by atoms with Gasteiger partial charge < -0.3 is 10.5 Å². The Bertz CT molecular complexity index is 990. The summed E-state index contributed by atoms with van der Waals surface area (Å²) < 4.78 is 1.20. The van der Waals surface area contributed by atoms with Crippen molar-refractivity contribution in [1.29, 1.82) is 0 Å². The molecule has 0 unspecified atom stereocenters. The van der Waals surface area contributed by atoms with E-state index in [9.17, 15) is 4.79 Å². The Hall–Kier alpha value is -1.54. The van der Waals surface area contributed by atoms with Crippen LogP contribution in [-0.2, 0) is 7.59 Å². The van der Waals surface area contributed by atoms with Gasteiger partial charge in [-0.3, -0.25) is 4.79 Å². The Morgan fingerprint density at radius 2 is 1.29 bits per heavy atom. The molecule has 31 heavy (non-hydrogen) atoms. The standard InChI is InChI=1S/C11H5Cl6N3.C8H9NO2/c12-10(13,14)8-18-7(6-4-2-1-3-5-6)19-9(20-8)11(15,16)17;1-11-7-4-2-6(3-5-7)8(9)10/h1-5H;2-5H,1H3,(H2,9,10). The highest BCUT2D eigenvalue weighted by Gasteiger charge is 2.33. The molecule has 0 saturated carbocycles. The summed E-state index contributed by atoms with van der Waals surface area (Å²) in [5.41, 5.74) is 6.20. The lowest BCUT2D eigenvalue weighted by Crippen LogP contribution is -2.16. The van der Waals surface area contributed by atoms with Crippen LogP contribution in [0, 0.1) is 0 Å². The van der Waals surface area contributed by atoms with E-state index in [1.807, 2.05) is 18.2 Å². The van der Waals surface area contributed by atoms with Gasteiger partial charge >= 0.3 is 0 Å². The van der Waals surface area contributed by atoms with E-state index >= 15 is 0 Å². The average Bonchev–Trinajstić information content (AvgIpc) is 2.73. The maximum Gasteiger partial charge on any atom is 0.250 e. The molecular weight excluding hydrogens is 529 g/mol. The second-order valence-corrected chi connectivity index (χ2v) is 10.3. The quantitative estimate of drug-likeness (QED) is 0.411. The number of methoxy groups -OCH3 is 1. The summed E-state index contributed by atoms with van der Waals surface area (Å²) in [7, 11) is 1.57. The fourth-order valence-electron chi connectivity index (χ4n) is 2.10. The fraction of sp³-hybridized carbons (Fsp3) is 0.158. The molecular formula is C19H14Cl6N4O2. The third kappa shape index (κ3) is 7.83. The number of nitrogens with two attached hydrogens (primary N) is 1. The molecule has 6 nitrogen and oxygen atoms in total. The Morgan fingerprint density at radius 1 is 0.806 bits per heavy atom. The number of benzene rings is 2. The SMILES string of the molecule is COc1ccc(C(N)=O)cc1.ClC(Cl)(Cl)c1nc(-c2ccccc2)nc(C(Cl)(Cl)Cl)n1. The maximum atomic E-state index is 10.6. The largest absolute Gasteiger partial charge is 0.497 e. The van der Waals surface area contributed by atoms with E-state index in [2.05, 4.69) is 15.0 Å². The number of primary amides is 1. The molecule has 0 spiro atoms. The predicted molar refractivity (Wildman–Crippen MR) is 125 cm³/mol. The van der Waals surface area contributed by atoms with Crippen LogP contribution < -0.4 is 10.5 Å². The molecule has 12 heteroatoms. The third-order valence-electron chi connectivity index (χ3n) is 3.55. The van der Waals surface area contributed by atoms with Crippen molar-refractivity contribution < 1.29 is 9.53 Å². The molecule has 0 fully saturated rings. The molecule has 0 atom stereocenters. The number of rotatable bonds is 3. The molecule has 2 aromatic carbocycles. The lowest BCUT2D eigenvalue weighted by molar-refractivity contribution is 0.100. The average molecular weight is 543 g/mol. The first-order valence-electron chi connectivity index (χ1n) is 8.31. The first kappa shape index (κ1) is 25.7. The number of halogens is 6. The van der Waals surface area contributed by atoms with Gasteiger partial charge in [0.1, 0.15) is 5.75 Å². The number of alkyl halides is 6. The second-order valence-electron chi connectivity index (χ2n) is 5.76. The van der Waals surface area contributed by atoms with Gasteiger partial charge in [-0.25, -0.2) is 15.0 Å². The molecule has 0 radical (unpaired) electrons. The minimum Gasteiger partial charge on any atom is -0.497 e. The summed E-state index contributed by atoms with van der Waals surface area (Å²) in [4.78, 5) is 22.7. The van der Waals surface area contributed by atoms with E-state index in [1.54, 1.807) is 43.5 Å². The number of hydrogen-bond acceptors (Lipinski definition) is 5. The molecule has 2 N–H and O–H groups in total.